The zero-order valence-corrected chi connectivity index (χ0v) is 16.8. The lowest BCUT2D eigenvalue weighted by Crippen LogP contribution is -2.54. The van der Waals surface area contributed by atoms with Crippen molar-refractivity contribution in [3.05, 3.63) is 59.5 Å². The Bertz CT molecular complexity index is 1010. The summed E-state index contributed by atoms with van der Waals surface area (Å²) in [4.78, 5) is 36.5. The highest BCUT2D eigenvalue weighted by molar-refractivity contribution is 6.32. The lowest BCUT2D eigenvalue weighted by molar-refractivity contribution is -0.121. The number of anilines is 1. The van der Waals surface area contributed by atoms with Crippen molar-refractivity contribution in [3.63, 3.8) is 0 Å². The van der Waals surface area contributed by atoms with E-state index in [-0.39, 0.29) is 23.0 Å². The second kappa shape index (κ2) is 8.23. The fourth-order valence-corrected chi connectivity index (χ4v) is 3.72. The maximum absolute atomic E-state index is 12.8. The lowest BCUT2D eigenvalue weighted by atomic mass is 10.2. The zero-order valence-electron chi connectivity index (χ0n) is 16.1. The summed E-state index contributed by atoms with van der Waals surface area (Å²) >= 11 is 6.01. The maximum Gasteiger partial charge on any atom is 0.270 e. The van der Waals surface area contributed by atoms with Gasteiger partial charge in [-0.25, -0.2) is 4.98 Å². The molecule has 7 nitrogen and oxygen atoms in total. The van der Waals surface area contributed by atoms with E-state index < -0.39 is 0 Å². The Kier molecular flexibility index (Phi) is 5.51. The normalized spacial score (nSPS) is 16.0. The summed E-state index contributed by atoms with van der Waals surface area (Å²) in [6.45, 7) is 4.25. The number of fused-ring (bicyclic) bond motifs is 1. The smallest absolute Gasteiger partial charge is 0.270 e. The van der Waals surface area contributed by atoms with Crippen LogP contribution >= 0.6 is 11.6 Å². The number of H-pyrrole nitrogens is 1. The number of aromatic nitrogens is 2. The Balaban J connectivity index is 1.35. The van der Waals surface area contributed by atoms with Crippen molar-refractivity contribution in [2.75, 3.05) is 31.5 Å². The number of benzene rings is 1. The summed E-state index contributed by atoms with van der Waals surface area (Å²) < 4.78 is 0. The van der Waals surface area contributed by atoms with E-state index in [1.54, 1.807) is 18.3 Å². The summed E-state index contributed by atoms with van der Waals surface area (Å²) in [5.41, 5.74) is 2.05. The minimum absolute atomic E-state index is 0.0138. The molecule has 29 heavy (non-hydrogen) atoms. The van der Waals surface area contributed by atoms with Gasteiger partial charge in [-0.05, 0) is 31.2 Å². The highest BCUT2D eigenvalue weighted by Crippen LogP contribution is 2.20. The molecule has 0 bridgehead atoms. The van der Waals surface area contributed by atoms with Crippen LogP contribution in [0, 0.1) is 0 Å². The largest absolute Gasteiger partial charge is 0.351 e. The van der Waals surface area contributed by atoms with Crippen LogP contribution in [0.15, 0.2) is 48.7 Å². The number of hydrogen-bond acceptors (Lipinski definition) is 4. The van der Waals surface area contributed by atoms with Crippen molar-refractivity contribution in [2.24, 2.45) is 0 Å². The average Bonchev–Trinajstić information content (AvgIpc) is 3.18. The topological polar surface area (TPSA) is 81.3 Å². The molecular formula is C21H22ClN5O2. The average molecular weight is 412 g/mol. The highest BCUT2D eigenvalue weighted by atomic mass is 35.5. The van der Waals surface area contributed by atoms with Crippen LogP contribution < -0.4 is 5.32 Å². The first kappa shape index (κ1) is 19.4. The van der Waals surface area contributed by atoms with Crippen molar-refractivity contribution in [1.29, 1.82) is 0 Å². The quantitative estimate of drug-likeness (QED) is 0.646. The third-order valence-electron chi connectivity index (χ3n) is 5.31. The van der Waals surface area contributed by atoms with E-state index in [0.29, 0.717) is 37.6 Å². The van der Waals surface area contributed by atoms with Crippen LogP contribution in [0.1, 0.15) is 17.4 Å². The van der Waals surface area contributed by atoms with Crippen molar-refractivity contribution < 1.29 is 9.59 Å². The number of nitrogens with one attached hydrogen (secondary N) is 2. The number of pyridine rings is 1. The second-order valence-electron chi connectivity index (χ2n) is 7.11. The number of nitrogens with zero attached hydrogens (tertiary/aromatic N) is 3. The van der Waals surface area contributed by atoms with Gasteiger partial charge in [-0.1, -0.05) is 29.8 Å². The SMILES string of the molecule is CC(C(=O)Nc1cccnc1Cl)N1CCN(C(=O)c2cc3ccccc3[nH]2)CC1. The number of amides is 2. The molecular weight excluding hydrogens is 390 g/mol. The minimum atomic E-state index is -0.336. The summed E-state index contributed by atoms with van der Waals surface area (Å²) in [5.74, 6) is -0.157. The van der Waals surface area contributed by atoms with Crippen molar-refractivity contribution >= 4 is 40.0 Å². The molecule has 3 heterocycles. The molecule has 0 spiro atoms. The summed E-state index contributed by atoms with van der Waals surface area (Å²) in [6, 6.07) is 12.8. The first-order valence-electron chi connectivity index (χ1n) is 9.55. The summed E-state index contributed by atoms with van der Waals surface area (Å²) in [6.07, 6.45) is 1.57. The van der Waals surface area contributed by atoms with E-state index in [9.17, 15) is 9.59 Å². The van der Waals surface area contributed by atoms with Gasteiger partial charge < -0.3 is 15.2 Å². The molecule has 2 N–H and O–H groups in total. The fraction of sp³-hybridized carbons (Fsp3) is 0.286. The number of para-hydroxylation sites is 1. The van der Waals surface area contributed by atoms with Gasteiger partial charge in [0.05, 0.1) is 11.7 Å². The predicted octanol–water partition coefficient (Wildman–Crippen LogP) is 3.00. The number of aromatic amines is 1. The van der Waals surface area contributed by atoms with E-state index in [1.165, 1.54) is 0 Å². The van der Waals surface area contributed by atoms with Gasteiger partial charge in [-0.15, -0.1) is 0 Å². The molecule has 1 aliphatic rings. The van der Waals surface area contributed by atoms with Crippen LogP contribution in [0.5, 0.6) is 0 Å². The van der Waals surface area contributed by atoms with E-state index in [0.717, 1.165) is 10.9 Å². The Morgan fingerprint density at radius 3 is 2.62 bits per heavy atom. The third-order valence-corrected chi connectivity index (χ3v) is 5.61. The Labute approximate surface area is 173 Å². The lowest BCUT2D eigenvalue weighted by Gasteiger charge is -2.37. The van der Waals surface area contributed by atoms with Gasteiger partial charge in [0.25, 0.3) is 5.91 Å². The molecule has 1 aromatic carbocycles. The molecule has 0 radical (unpaired) electrons. The van der Waals surface area contributed by atoms with E-state index >= 15 is 0 Å². The van der Waals surface area contributed by atoms with E-state index in [1.807, 2.05) is 42.2 Å². The standard InChI is InChI=1S/C21H22ClN5O2/c1-14(20(28)25-17-7-4-8-23-19(17)22)26-9-11-27(12-10-26)21(29)18-13-15-5-2-3-6-16(15)24-18/h2-8,13-14,24H,9-12H2,1H3,(H,25,28). The minimum Gasteiger partial charge on any atom is -0.351 e. The van der Waals surface area contributed by atoms with Crippen molar-refractivity contribution in [3.8, 4) is 0 Å². The van der Waals surface area contributed by atoms with Gasteiger partial charge in [0, 0.05) is 43.3 Å². The number of hydrogen-bond donors (Lipinski definition) is 2. The first-order valence-corrected chi connectivity index (χ1v) is 9.93. The van der Waals surface area contributed by atoms with Crippen molar-refractivity contribution in [2.45, 2.75) is 13.0 Å². The molecule has 0 saturated carbocycles. The Hall–Kier alpha value is -2.90. The van der Waals surface area contributed by atoms with Gasteiger partial charge >= 0.3 is 0 Å². The molecule has 1 unspecified atom stereocenters. The summed E-state index contributed by atoms with van der Waals surface area (Å²) in [5, 5.41) is 4.11. The molecule has 1 fully saturated rings. The number of piperazine rings is 1. The van der Waals surface area contributed by atoms with Crippen LogP contribution in [0.4, 0.5) is 5.69 Å². The fourth-order valence-electron chi connectivity index (χ4n) is 3.55. The van der Waals surface area contributed by atoms with Crippen LogP contribution in [0.25, 0.3) is 10.9 Å². The van der Waals surface area contributed by atoms with Crippen LogP contribution in [0.2, 0.25) is 5.15 Å². The summed E-state index contributed by atoms with van der Waals surface area (Å²) in [7, 11) is 0. The van der Waals surface area contributed by atoms with Gasteiger partial charge in [-0.3, -0.25) is 14.5 Å². The number of halogens is 1. The monoisotopic (exact) mass is 411 g/mol. The second-order valence-corrected chi connectivity index (χ2v) is 7.46. The molecule has 4 rings (SSSR count). The van der Waals surface area contributed by atoms with Gasteiger partial charge in [0.1, 0.15) is 5.69 Å². The van der Waals surface area contributed by atoms with Crippen LogP contribution in [-0.2, 0) is 4.79 Å². The number of carbonyl (C=O) groups is 2. The zero-order chi connectivity index (χ0) is 20.4. The van der Waals surface area contributed by atoms with Gasteiger partial charge in [0.15, 0.2) is 5.15 Å². The molecule has 1 aliphatic heterocycles. The molecule has 2 amide bonds. The van der Waals surface area contributed by atoms with Gasteiger partial charge in [0.2, 0.25) is 5.91 Å². The molecule has 1 saturated heterocycles. The molecule has 8 heteroatoms. The molecule has 3 aromatic rings. The molecule has 1 atom stereocenters. The third kappa shape index (κ3) is 4.11. The Morgan fingerprint density at radius 1 is 1.14 bits per heavy atom. The van der Waals surface area contributed by atoms with E-state index in [4.69, 9.17) is 11.6 Å². The maximum atomic E-state index is 12.8. The van der Waals surface area contributed by atoms with E-state index in [2.05, 4.69) is 20.2 Å². The predicted molar refractivity (Wildman–Crippen MR) is 113 cm³/mol. The van der Waals surface area contributed by atoms with Crippen LogP contribution in [-0.4, -0.2) is 63.8 Å². The van der Waals surface area contributed by atoms with Crippen molar-refractivity contribution in [1.82, 2.24) is 19.8 Å². The van der Waals surface area contributed by atoms with Gasteiger partial charge in [-0.2, -0.15) is 0 Å². The number of carbonyl (C=O) groups excluding carboxylic acids is 2. The number of rotatable bonds is 4. The first-order chi connectivity index (χ1) is 14.0. The molecule has 2 aromatic heterocycles. The van der Waals surface area contributed by atoms with Crippen LogP contribution in [0.3, 0.4) is 0 Å². The Morgan fingerprint density at radius 2 is 1.90 bits per heavy atom. The molecule has 0 aliphatic carbocycles. The molecule has 150 valence electrons. The highest BCUT2D eigenvalue weighted by Gasteiger charge is 2.28.